The highest BCUT2D eigenvalue weighted by atomic mass is 79.9. The molecule has 0 aromatic heterocycles. The molecule has 22 heavy (non-hydrogen) atoms. The molecule has 1 aromatic carbocycles. The SMILES string of the molecule is CCNC(=NCC1CCN(C)C1)N(C)Cc1ccc(Br)cc1. The number of halogens is 1. The fourth-order valence-electron chi connectivity index (χ4n) is 2.80. The molecule has 1 saturated heterocycles. The molecule has 0 radical (unpaired) electrons. The highest BCUT2D eigenvalue weighted by Crippen LogP contribution is 2.15. The molecule has 0 aliphatic carbocycles. The monoisotopic (exact) mass is 366 g/mol. The molecule has 1 aromatic rings. The number of guanidine groups is 1. The minimum Gasteiger partial charge on any atom is -0.357 e. The molecule has 0 bridgehead atoms. The van der Waals surface area contributed by atoms with Crippen LogP contribution in [0.1, 0.15) is 18.9 Å². The lowest BCUT2D eigenvalue weighted by Gasteiger charge is -2.22. The van der Waals surface area contributed by atoms with Crippen LogP contribution in [0.5, 0.6) is 0 Å². The lowest BCUT2D eigenvalue weighted by Crippen LogP contribution is -2.38. The summed E-state index contributed by atoms with van der Waals surface area (Å²) in [6.45, 7) is 7.16. The van der Waals surface area contributed by atoms with Gasteiger partial charge in [0.2, 0.25) is 0 Å². The van der Waals surface area contributed by atoms with Gasteiger partial charge < -0.3 is 15.1 Å². The van der Waals surface area contributed by atoms with Gasteiger partial charge in [0.25, 0.3) is 0 Å². The van der Waals surface area contributed by atoms with Gasteiger partial charge in [0.05, 0.1) is 0 Å². The van der Waals surface area contributed by atoms with Crippen molar-refractivity contribution >= 4 is 21.9 Å². The Morgan fingerprint density at radius 2 is 2.14 bits per heavy atom. The number of hydrogen-bond acceptors (Lipinski definition) is 2. The van der Waals surface area contributed by atoms with Crippen LogP contribution in [-0.4, -0.2) is 56.0 Å². The molecule has 1 unspecified atom stereocenters. The van der Waals surface area contributed by atoms with Gasteiger partial charge in [0.15, 0.2) is 5.96 Å². The Hall–Kier alpha value is -1.07. The second kappa shape index (κ2) is 8.53. The maximum atomic E-state index is 4.84. The van der Waals surface area contributed by atoms with E-state index < -0.39 is 0 Å². The molecule has 122 valence electrons. The van der Waals surface area contributed by atoms with E-state index in [1.165, 1.54) is 25.1 Å². The number of rotatable bonds is 5. The van der Waals surface area contributed by atoms with Gasteiger partial charge in [-0.05, 0) is 50.6 Å². The van der Waals surface area contributed by atoms with Crippen molar-refractivity contribution in [1.82, 2.24) is 15.1 Å². The minimum atomic E-state index is 0.694. The number of hydrogen-bond donors (Lipinski definition) is 1. The van der Waals surface area contributed by atoms with Gasteiger partial charge in [0, 0.05) is 37.7 Å². The summed E-state index contributed by atoms with van der Waals surface area (Å²) in [5.41, 5.74) is 1.29. The van der Waals surface area contributed by atoms with Crippen molar-refractivity contribution in [3.8, 4) is 0 Å². The van der Waals surface area contributed by atoms with Gasteiger partial charge in [-0.15, -0.1) is 0 Å². The summed E-state index contributed by atoms with van der Waals surface area (Å²) in [7, 11) is 4.29. The van der Waals surface area contributed by atoms with Crippen LogP contribution in [0, 0.1) is 5.92 Å². The van der Waals surface area contributed by atoms with Crippen LogP contribution >= 0.6 is 15.9 Å². The molecule has 1 fully saturated rings. The molecular formula is C17H27BrN4. The second-order valence-electron chi connectivity index (χ2n) is 6.09. The summed E-state index contributed by atoms with van der Waals surface area (Å²) >= 11 is 3.48. The van der Waals surface area contributed by atoms with Crippen LogP contribution in [0.3, 0.4) is 0 Å². The molecule has 0 saturated carbocycles. The molecule has 1 N–H and O–H groups in total. The molecule has 1 atom stereocenters. The minimum absolute atomic E-state index is 0.694. The highest BCUT2D eigenvalue weighted by molar-refractivity contribution is 9.10. The van der Waals surface area contributed by atoms with E-state index in [-0.39, 0.29) is 0 Å². The van der Waals surface area contributed by atoms with E-state index in [1.807, 2.05) is 0 Å². The first-order valence-corrected chi connectivity index (χ1v) is 8.80. The second-order valence-corrected chi connectivity index (χ2v) is 7.01. The normalized spacial score (nSPS) is 19.5. The van der Waals surface area contributed by atoms with Crippen molar-refractivity contribution in [3.63, 3.8) is 0 Å². The van der Waals surface area contributed by atoms with Gasteiger partial charge in [-0.25, -0.2) is 0 Å². The van der Waals surface area contributed by atoms with Crippen LogP contribution in [0.25, 0.3) is 0 Å². The van der Waals surface area contributed by atoms with Crippen molar-refractivity contribution in [1.29, 1.82) is 0 Å². The maximum Gasteiger partial charge on any atom is 0.193 e. The number of aliphatic imine (C=N–C) groups is 1. The average Bonchev–Trinajstić information content (AvgIpc) is 2.91. The van der Waals surface area contributed by atoms with Crippen molar-refractivity contribution in [2.24, 2.45) is 10.9 Å². The van der Waals surface area contributed by atoms with Crippen LogP contribution < -0.4 is 5.32 Å². The molecule has 1 heterocycles. The topological polar surface area (TPSA) is 30.9 Å². The fraction of sp³-hybridized carbons (Fsp3) is 0.588. The van der Waals surface area contributed by atoms with Crippen molar-refractivity contribution in [2.45, 2.75) is 19.9 Å². The van der Waals surface area contributed by atoms with Gasteiger partial charge in [0.1, 0.15) is 0 Å². The van der Waals surface area contributed by atoms with E-state index >= 15 is 0 Å². The zero-order valence-corrected chi connectivity index (χ0v) is 15.4. The molecule has 5 heteroatoms. The quantitative estimate of drug-likeness (QED) is 0.641. The largest absolute Gasteiger partial charge is 0.357 e. The number of benzene rings is 1. The third kappa shape index (κ3) is 5.29. The number of nitrogens with one attached hydrogen (secondary N) is 1. The Morgan fingerprint density at radius 1 is 1.41 bits per heavy atom. The third-order valence-electron chi connectivity index (χ3n) is 4.02. The van der Waals surface area contributed by atoms with Crippen LogP contribution in [0.4, 0.5) is 0 Å². The number of likely N-dealkylation sites (tertiary alicyclic amines) is 1. The van der Waals surface area contributed by atoms with Gasteiger partial charge in [-0.2, -0.15) is 0 Å². The fourth-order valence-corrected chi connectivity index (χ4v) is 3.06. The standard InChI is InChI=1S/C17H27BrN4/c1-4-19-17(20-11-15-9-10-21(2)12-15)22(3)13-14-5-7-16(18)8-6-14/h5-8,15H,4,9-13H2,1-3H3,(H,19,20). The summed E-state index contributed by atoms with van der Waals surface area (Å²) in [6, 6.07) is 8.47. The van der Waals surface area contributed by atoms with Crippen molar-refractivity contribution < 1.29 is 0 Å². The van der Waals surface area contributed by atoms with E-state index in [9.17, 15) is 0 Å². The smallest absolute Gasteiger partial charge is 0.193 e. The van der Waals surface area contributed by atoms with Crippen LogP contribution in [0.2, 0.25) is 0 Å². The maximum absolute atomic E-state index is 4.84. The van der Waals surface area contributed by atoms with E-state index in [1.54, 1.807) is 0 Å². The summed E-state index contributed by atoms with van der Waals surface area (Å²) in [5.74, 6) is 1.69. The highest BCUT2D eigenvalue weighted by Gasteiger charge is 2.19. The van der Waals surface area contributed by atoms with Gasteiger partial charge >= 0.3 is 0 Å². The molecule has 0 spiro atoms. The Labute approximate surface area is 142 Å². The summed E-state index contributed by atoms with van der Waals surface area (Å²) < 4.78 is 1.12. The van der Waals surface area contributed by atoms with Crippen LogP contribution in [-0.2, 0) is 6.54 Å². The molecule has 2 rings (SSSR count). The lowest BCUT2D eigenvalue weighted by atomic mass is 10.1. The Morgan fingerprint density at radius 3 is 2.73 bits per heavy atom. The van der Waals surface area contributed by atoms with Gasteiger partial charge in [-0.1, -0.05) is 28.1 Å². The number of nitrogens with zero attached hydrogens (tertiary/aromatic N) is 3. The average molecular weight is 367 g/mol. The van der Waals surface area contributed by atoms with Crippen molar-refractivity contribution in [2.75, 3.05) is 40.3 Å². The predicted molar refractivity (Wildman–Crippen MR) is 97.2 cm³/mol. The van der Waals surface area contributed by atoms with E-state index in [4.69, 9.17) is 4.99 Å². The first kappa shape index (κ1) is 17.3. The Bertz CT molecular complexity index is 486. The molecule has 1 aliphatic rings. The summed E-state index contributed by atoms with van der Waals surface area (Å²) in [5, 5.41) is 3.40. The summed E-state index contributed by atoms with van der Waals surface area (Å²) in [4.78, 5) is 9.43. The molecular weight excluding hydrogens is 340 g/mol. The Balaban J connectivity index is 1.94. The van der Waals surface area contributed by atoms with Crippen molar-refractivity contribution in [3.05, 3.63) is 34.3 Å². The summed E-state index contributed by atoms with van der Waals surface area (Å²) in [6.07, 6.45) is 1.26. The predicted octanol–water partition coefficient (Wildman–Crippen LogP) is 2.80. The molecule has 4 nitrogen and oxygen atoms in total. The van der Waals surface area contributed by atoms with E-state index in [0.29, 0.717) is 5.92 Å². The zero-order chi connectivity index (χ0) is 15.9. The Kier molecular flexibility index (Phi) is 6.70. The third-order valence-corrected chi connectivity index (χ3v) is 4.55. The first-order chi connectivity index (χ1) is 10.6. The van der Waals surface area contributed by atoms with Crippen LogP contribution in [0.15, 0.2) is 33.7 Å². The lowest BCUT2D eigenvalue weighted by molar-refractivity contribution is 0.396. The van der Waals surface area contributed by atoms with Gasteiger partial charge in [-0.3, -0.25) is 4.99 Å². The molecule has 1 aliphatic heterocycles. The molecule has 0 amide bonds. The first-order valence-electron chi connectivity index (χ1n) is 8.01. The van der Waals surface area contributed by atoms with E-state index in [2.05, 4.69) is 76.3 Å². The van der Waals surface area contributed by atoms with E-state index in [0.717, 1.165) is 30.1 Å². The zero-order valence-electron chi connectivity index (χ0n) is 13.8.